The van der Waals surface area contributed by atoms with Crippen LogP contribution >= 0.6 is 19.2 Å². The highest BCUT2D eigenvalue weighted by Crippen LogP contribution is 2.58. The molecule has 0 unspecified atom stereocenters. The summed E-state index contributed by atoms with van der Waals surface area (Å²) in [5.74, 6) is -0.543. The molecule has 0 amide bonds. The first-order chi connectivity index (χ1) is 9.64. The molecule has 0 heterocycles. The molecule has 6 heteroatoms. The lowest BCUT2D eigenvalue weighted by Gasteiger charge is -2.34. The van der Waals surface area contributed by atoms with Crippen LogP contribution in [0.3, 0.4) is 0 Å². The van der Waals surface area contributed by atoms with E-state index in [9.17, 15) is 4.57 Å². The molecule has 120 valence electrons. The third kappa shape index (κ3) is 4.80. The van der Waals surface area contributed by atoms with Crippen molar-refractivity contribution in [2.75, 3.05) is 14.2 Å². The highest BCUT2D eigenvalue weighted by atomic mass is 35.5. The number of nitrogens with one attached hydrogen (secondary N) is 1. The van der Waals surface area contributed by atoms with E-state index in [2.05, 4.69) is 33.0 Å². The van der Waals surface area contributed by atoms with Gasteiger partial charge in [0.2, 0.25) is 0 Å². The molecule has 1 aromatic carbocycles. The average molecular weight is 334 g/mol. The van der Waals surface area contributed by atoms with Gasteiger partial charge in [0, 0.05) is 25.3 Å². The predicted octanol–water partition coefficient (Wildman–Crippen LogP) is 4.85. The molecule has 0 bridgehead atoms. The van der Waals surface area contributed by atoms with Crippen molar-refractivity contribution in [2.45, 2.75) is 39.5 Å². The molecule has 1 aromatic rings. The van der Waals surface area contributed by atoms with E-state index in [4.69, 9.17) is 20.6 Å². The SMILES string of the molecule is COP(=O)(OC)[C@H](N[C@@H](C)C(C)(C)C)c1ccc(Cl)cc1. The van der Waals surface area contributed by atoms with E-state index >= 15 is 0 Å². The summed E-state index contributed by atoms with van der Waals surface area (Å²) >= 11 is 5.92. The molecule has 4 nitrogen and oxygen atoms in total. The molecule has 0 saturated carbocycles. The molecule has 0 aliphatic carbocycles. The average Bonchev–Trinajstić information content (AvgIpc) is 2.43. The molecule has 0 aromatic heterocycles. The molecule has 1 N–H and O–H groups in total. The Balaban J connectivity index is 3.18. The fourth-order valence-electron chi connectivity index (χ4n) is 1.79. The van der Waals surface area contributed by atoms with Gasteiger partial charge in [0.05, 0.1) is 0 Å². The minimum Gasteiger partial charge on any atom is -0.311 e. The van der Waals surface area contributed by atoms with Gasteiger partial charge in [-0.05, 0) is 30.0 Å². The minimum atomic E-state index is -3.31. The van der Waals surface area contributed by atoms with Crippen LogP contribution in [0.4, 0.5) is 0 Å². The minimum absolute atomic E-state index is 0.0109. The van der Waals surface area contributed by atoms with E-state index in [0.29, 0.717) is 5.02 Å². The first kappa shape index (κ1) is 18.7. The zero-order valence-electron chi connectivity index (χ0n) is 13.5. The molecular formula is C15H25ClNO3P. The van der Waals surface area contributed by atoms with Gasteiger partial charge in [-0.3, -0.25) is 9.88 Å². The van der Waals surface area contributed by atoms with Gasteiger partial charge in [-0.25, -0.2) is 0 Å². The maximum absolute atomic E-state index is 12.9. The van der Waals surface area contributed by atoms with Crippen molar-refractivity contribution in [1.82, 2.24) is 5.32 Å². The van der Waals surface area contributed by atoms with Gasteiger partial charge in [0.1, 0.15) is 5.78 Å². The van der Waals surface area contributed by atoms with Gasteiger partial charge in [-0.1, -0.05) is 44.5 Å². The summed E-state index contributed by atoms with van der Waals surface area (Å²) < 4.78 is 23.2. The molecule has 0 radical (unpaired) electrons. The molecule has 2 atom stereocenters. The van der Waals surface area contributed by atoms with Crippen LogP contribution in [0.5, 0.6) is 0 Å². The van der Waals surface area contributed by atoms with Crippen LogP contribution in [-0.2, 0) is 13.6 Å². The van der Waals surface area contributed by atoms with Crippen LogP contribution in [0.15, 0.2) is 24.3 Å². The van der Waals surface area contributed by atoms with Gasteiger partial charge in [-0.2, -0.15) is 0 Å². The number of hydrogen-bond donors (Lipinski definition) is 1. The maximum Gasteiger partial charge on any atom is 0.351 e. The standard InChI is InChI=1S/C15H25ClNO3P/c1-11(15(2,3)4)17-14(21(18,19-5)20-6)12-7-9-13(16)10-8-12/h7-11,14,17H,1-6H3/t11-,14-/m0/s1. The van der Waals surface area contributed by atoms with Crippen molar-refractivity contribution >= 4 is 19.2 Å². The topological polar surface area (TPSA) is 47.6 Å². The Bertz CT molecular complexity index is 491. The summed E-state index contributed by atoms with van der Waals surface area (Å²) in [7, 11) is -0.507. The summed E-state index contributed by atoms with van der Waals surface area (Å²) in [6.45, 7) is 8.41. The van der Waals surface area contributed by atoms with E-state index in [1.54, 1.807) is 12.1 Å². The van der Waals surface area contributed by atoms with Crippen molar-refractivity contribution in [3.63, 3.8) is 0 Å². The lowest BCUT2D eigenvalue weighted by molar-refractivity contribution is 0.233. The molecule has 0 saturated heterocycles. The van der Waals surface area contributed by atoms with Crippen LogP contribution in [-0.4, -0.2) is 20.3 Å². The maximum atomic E-state index is 12.9. The number of benzene rings is 1. The largest absolute Gasteiger partial charge is 0.351 e. The Morgan fingerprint density at radius 2 is 1.62 bits per heavy atom. The van der Waals surface area contributed by atoms with Crippen LogP contribution < -0.4 is 5.32 Å². The number of rotatable bonds is 6. The summed E-state index contributed by atoms with van der Waals surface area (Å²) in [5, 5.41) is 4.01. The Morgan fingerprint density at radius 3 is 2.00 bits per heavy atom. The predicted molar refractivity (Wildman–Crippen MR) is 87.9 cm³/mol. The highest BCUT2D eigenvalue weighted by Gasteiger charge is 2.38. The van der Waals surface area contributed by atoms with Crippen molar-refractivity contribution < 1.29 is 13.6 Å². The van der Waals surface area contributed by atoms with E-state index in [-0.39, 0.29) is 11.5 Å². The van der Waals surface area contributed by atoms with E-state index < -0.39 is 13.4 Å². The van der Waals surface area contributed by atoms with Crippen molar-refractivity contribution in [3.8, 4) is 0 Å². The summed E-state index contributed by atoms with van der Waals surface area (Å²) in [6, 6.07) is 7.31. The third-order valence-electron chi connectivity index (χ3n) is 3.72. The molecule has 0 aliphatic heterocycles. The fraction of sp³-hybridized carbons (Fsp3) is 0.600. The lowest BCUT2D eigenvalue weighted by atomic mass is 9.88. The zero-order chi connectivity index (χ0) is 16.3. The van der Waals surface area contributed by atoms with Gasteiger partial charge < -0.3 is 9.05 Å². The van der Waals surface area contributed by atoms with E-state index in [1.165, 1.54) is 14.2 Å². The van der Waals surface area contributed by atoms with Crippen LogP contribution in [0.25, 0.3) is 0 Å². The molecule has 0 fully saturated rings. The van der Waals surface area contributed by atoms with Crippen LogP contribution in [0.2, 0.25) is 5.02 Å². The van der Waals surface area contributed by atoms with Gasteiger partial charge in [-0.15, -0.1) is 0 Å². The number of halogens is 1. The molecule has 21 heavy (non-hydrogen) atoms. The monoisotopic (exact) mass is 333 g/mol. The van der Waals surface area contributed by atoms with Crippen LogP contribution in [0, 0.1) is 5.41 Å². The quantitative estimate of drug-likeness (QED) is 0.756. The van der Waals surface area contributed by atoms with Crippen molar-refractivity contribution in [3.05, 3.63) is 34.9 Å². The second-order valence-corrected chi connectivity index (χ2v) is 8.88. The summed E-state index contributed by atoms with van der Waals surface area (Å²) in [4.78, 5) is 0. The van der Waals surface area contributed by atoms with Gasteiger partial charge in [0.15, 0.2) is 0 Å². The smallest absolute Gasteiger partial charge is 0.311 e. The Morgan fingerprint density at radius 1 is 1.14 bits per heavy atom. The third-order valence-corrected chi connectivity index (χ3v) is 6.07. The summed E-state index contributed by atoms with van der Waals surface area (Å²) in [5.41, 5.74) is 0.833. The highest BCUT2D eigenvalue weighted by molar-refractivity contribution is 7.54. The Hall–Kier alpha value is -0.380. The lowest BCUT2D eigenvalue weighted by Crippen LogP contribution is -2.40. The number of hydrogen-bond acceptors (Lipinski definition) is 4. The van der Waals surface area contributed by atoms with Gasteiger partial charge in [0.25, 0.3) is 0 Å². The second-order valence-electron chi connectivity index (χ2n) is 6.11. The Kier molecular flexibility index (Phi) is 6.45. The molecular weight excluding hydrogens is 309 g/mol. The first-order valence-electron chi connectivity index (χ1n) is 6.86. The van der Waals surface area contributed by atoms with Gasteiger partial charge >= 0.3 is 7.60 Å². The van der Waals surface area contributed by atoms with Crippen molar-refractivity contribution in [1.29, 1.82) is 0 Å². The summed E-state index contributed by atoms with van der Waals surface area (Å²) in [6.07, 6.45) is 0. The second kappa shape index (κ2) is 7.26. The van der Waals surface area contributed by atoms with E-state index in [1.807, 2.05) is 12.1 Å². The van der Waals surface area contributed by atoms with E-state index in [0.717, 1.165) is 5.56 Å². The van der Waals surface area contributed by atoms with Crippen molar-refractivity contribution in [2.24, 2.45) is 5.41 Å². The normalized spacial score (nSPS) is 15.8. The molecule has 1 rings (SSSR count). The molecule has 0 aliphatic rings. The molecule has 0 spiro atoms. The van der Waals surface area contributed by atoms with Crippen LogP contribution in [0.1, 0.15) is 39.0 Å². The Labute approximate surface area is 132 Å². The fourth-order valence-corrected chi connectivity index (χ4v) is 3.43. The zero-order valence-corrected chi connectivity index (χ0v) is 15.2. The first-order valence-corrected chi connectivity index (χ1v) is 8.85.